The zero-order chi connectivity index (χ0) is 59.0. The number of rotatable bonds is 11. The first-order valence-electron chi connectivity index (χ1n) is 29.7. The molecule has 14 rings (SSSR count). The van der Waals surface area contributed by atoms with Crippen LogP contribution in [0.15, 0.2) is 272 Å². The molecule has 0 amide bonds. The zero-order valence-corrected chi connectivity index (χ0v) is 45.1. The topological polar surface area (TPSA) is 48.5 Å². The monoisotopic (exact) mass is 1050 g/mol. The largest absolute Gasteiger partial charge is 0.472 e. The molecule has 4 heterocycles. The maximum absolute atomic E-state index is 8.74. The van der Waals surface area contributed by atoms with Crippen molar-refractivity contribution in [3.63, 3.8) is 0 Å². The minimum absolute atomic E-state index is 0.115. The first kappa shape index (κ1) is 43.7. The minimum atomic E-state index is -0.436. The molecule has 0 fully saturated rings. The SMILES string of the molecule is [2H]c1c([2H])c([2H])c(-c2cnc(-n3c4ccc(C(C)(C)C)cc4c4ccc(Oc5cccc(-c6coc7c(-c8c(-c9ccccc9)cccc8-c8ccccc8)[n+](-c8c(-c9ccccc9)cccc8-c8ccccc8)[c-]n67)c5)cc43)cc2C)c([2H])c1[2H]. The lowest BCUT2D eigenvalue weighted by Gasteiger charge is -2.21. The number of para-hydroxylation sites is 1. The second-order valence-corrected chi connectivity index (χ2v) is 21.4. The summed E-state index contributed by atoms with van der Waals surface area (Å²) in [6.07, 6.45) is 7.34. The molecule has 0 aliphatic rings. The zero-order valence-electron chi connectivity index (χ0n) is 50.1. The lowest BCUT2D eigenvalue weighted by Crippen LogP contribution is -2.33. The lowest BCUT2D eigenvalue weighted by atomic mass is 9.86. The Kier molecular flexibility index (Phi) is 10.9. The lowest BCUT2D eigenvalue weighted by molar-refractivity contribution is -0.586. The van der Waals surface area contributed by atoms with Crippen LogP contribution in [0.5, 0.6) is 11.5 Å². The fourth-order valence-corrected chi connectivity index (χ4v) is 11.4. The van der Waals surface area contributed by atoms with Crippen molar-refractivity contribution in [2.45, 2.75) is 33.1 Å². The van der Waals surface area contributed by atoms with Gasteiger partial charge in [-0.1, -0.05) is 227 Å². The Balaban J connectivity index is 0.939. The van der Waals surface area contributed by atoms with Crippen LogP contribution in [0.4, 0.5) is 0 Å². The molecule has 6 nitrogen and oxygen atoms in total. The van der Waals surface area contributed by atoms with Gasteiger partial charge in [0, 0.05) is 34.2 Å². The maximum Gasteiger partial charge on any atom is 0.272 e. The van der Waals surface area contributed by atoms with Gasteiger partial charge in [-0.05, 0) is 122 Å². The normalized spacial score (nSPS) is 12.6. The number of pyridine rings is 1. The number of ether oxygens (including phenoxy) is 1. The molecule has 388 valence electrons. The van der Waals surface area contributed by atoms with Gasteiger partial charge in [-0.3, -0.25) is 13.5 Å². The molecule has 0 aliphatic heterocycles. The van der Waals surface area contributed by atoms with Crippen LogP contribution in [0.25, 0.3) is 117 Å². The van der Waals surface area contributed by atoms with E-state index in [1.54, 1.807) is 6.20 Å². The summed E-state index contributed by atoms with van der Waals surface area (Å²) >= 11 is 0. The van der Waals surface area contributed by atoms with Crippen LogP contribution < -0.4 is 9.30 Å². The minimum Gasteiger partial charge on any atom is -0.472 e. The third-order valence-corrected chi connectivity index (χ3v) is 15.3. The molecule has 0 bridgehead atoms. The van der Waals surface area contributed by atoms with Gasteiger partial charge in [-0.25, -0.2) is 4.98 Å². The van der Waals surface area contributed by atoms with Crippen LogP contribution in [0.1, 0.15) is 38.8 Å². The van der Waals surface area contributed by atoms with Crippen LogP contribution >= 0.6 is 0 Å². The summed E-state index contributed by atoms with van der Waals surface area (Å²) < 4.78 is 62.6. The Morgan fingerprint density at radius 3 is 1.69 bits per heavy atom. The Hall–Kier alpha value is -10.3. The number of oxazole rings is 1. The predicted molar refractivity (Wildman–Crippen MR) is 330 cm³/mol. The quantitative estimate of drug-likeness (QED) is 0.0958. The van der Waals surface area contributed by atoms with Crippen LogP contribution in [-0.4, -0.2) is 14.0 Å². The molecule has 10 aromatic carbocycles. The standard InChI is InChI=1S/C75H56N4O2/c1-50-43-70(76-47-66(50)55-31-18-9-19-32-55)79-67-42-39-57(75(2,3)4)45-65(67)64-41-40-59(46-68(64)79)81-58-34-20-33-56(44-58)69-48-80-74-73(71-60(51-23-10-5-11-24-51)35-21-36-61(71)52-25-12-6-13-26-52)78(49-77(69)74)72-62(53-27-14-7-15-28-53)37-22-38-63(72)54-29-16-8-17-30-54/h5-48H,1-4H3/i9D,18D,19D,31D,32D. The highest BCUT2D eigenvalue weighted by atomic mass is 16.5. The fraction of sp³-hybridized carbons (Fsp3) is 0.0667. The smallest absolute Gasteiger partial charge is 0.272 e. The van der Waals surface area contributed by atoms with Crippen molar-refractivity contribution in [1.82, 2.24) is 14.0 Å². The van der Waals surface area contributed by atoms with Gasteiger partial charge in [-0.15, -0.1) is 0 Å². The number of hydrogen-bond donors (Lipinski definition) is 0. The highest BCUT2D eigenvalue weighted by Crippen LogP contribution is 2.45. The van der Waals surface area contributed by atoms with Crippen molar-refractivity contribution in [1.29, 1.82) is 0 Å². The summed E-state index contributed by atoms with van der Waals surface area (Å²) in [5.41, 5.74) is 17.5. The van der Waals surface area contributed by atoms with Crippen molar-refractivity contribution in [2.75, 3.05) is 0 Å². The molecule has 81 heavy (non-hydrogen) atoms. The summed E-state index contributed by atoms with van der Waals surface area (Å²) in [7, 11) is 0. The fourth-order valence-electron chi connectivity index (χ4n) is 11.4. The summed E-state index contributed by atoms with van der Waals surface area (Å²) in [5.74, 6) is 1.81. The van der Waals surface area contributed by atoms with Crippen molar-refractivity contribution >= 4 is 27.5 Å². The van der Waals surface area contributed by atoms with Crippen LogP contribution in [0.2, 0.25) is 0 Å². The van der Waals surface area contributed by atoms with Gasteiger partial charge in [-0.2, -0.15) is 0 Å². The number of aryl methyl sites for hydroxylation is 1. The Labute approximate surface area is 478 Å². The van der Waals surface area contributed by atoms with E-state index in [-0.39, 0.29) is 35.1 Å². The van der Waals surface area contributed by atoms with Crippen molar-refractivity contribution in [3.8, 4) is 101 Å². The number of fused-ring (bicyclic) bond motifs is 4. The molecule has 0 radical (unpaired) electrons. The van der Waals surface area contributed by atoms with Crippen LogP contribution in [-0.2, 0) is 5.41 Å². The Morgan fingerprint density at radius 1 is 0.519 bits per heavy atom. The molecule has 4 aromatic heterocycles. The maximum atomic E-state index is 8.74. The third-order valence-electron chi connectivity index (χ3n) is 15.3. The Bertz CT molecular complexity index is 4810. The van der Waals surface area contributed by atoms with E-state index in [9.17, 15) is 0 Å². The summed E-state index contributed by atoms with van der Waals surface area (Å²) in [5, 5.41) is 2.05. The molecular weight excluding hydrogens is 989 g/mol. The van der Waals surface area contributed by atoms with Crippen molar-refractivity contribution in [3.05, 3.63) is 285 Å². The number of nitrogens with zero attached hydrogens (tertiary/aromatic N) is 4. The van der Waals surface area contributed by atoms with E-state index in [1.165, 1.54) is 5.56 Å². The van der Waals surface area contributed by atoms with E-state index in [1.807, 2.05) is 78.3 Å². The molecule has 0 saturated heterocycles. The van der Waals surface area contributed by atoms with E-state index in [2.05, 4.69) is 200 Å². The average molecular weight is 1050 g/mol. The Morgan fingerprint density at radius 2 is 1.09 bits per heavy atom. The van der Waals surface area contributed by atoms with Gasteiger partial charge >= 0.3 is 0 Å². The van der Waals surface area contributed by atoms with E-state index < -0.39 is 6.04 Å². The molecule has 14 aromatic rings. The molecular formula is C75H56N4O2. The van der Waals surface area contributed by atoms with Crippen LogP contribution in [0.3, 0.4) is 0 Å². The molecule has 6 heteroatoms. The molecule has 0 saturated carbocycles. The number of hydrogen-bond acceptors (Lipinski definition) is 3. The van der Waals surface area contributed by atoms with Gasteiger partial charge in [0.2, 0.25) is 5.71 Å². The number of aromatic nitrogens is 4. The first-order chi connectivity index (χ1) is 41.8. The summed E-state index contributed by atoms with van der Waals surface area (Å²) in [4.78, 5) is 4.97. The van der Waals surface area contributed by atoms with E-state index in [0.29, 0.717) is 34.2 Å². The van der Waals surface area contributed by atoms with E-state index in [0.717, 1.165) is 94.5 Å². The molecule has 0 N–H and O–H groups in total. The van der Waals surface area contributed by atoms with Crippen LogP contribution in [0, 0.1) is 13.3 Å². The second kappa shape index (κ2) is 20.2. The molecule has 0 spiro atoms. The highest BCUT2D eigenvalue weighted by Gasteiger charge is 2.29. The number of imidazole rings is 1. The summed E-state index contributed by atoms with van der Waals surface area (Å²) in [6, 6.07) is 76.0. The third kappa shape index (κ3) is 8.88. The van der Waals surface area contributed by atoms with Gasteiger partial charge in [0.05, 0.1) is 29.8 Å². The van der Waals surface area contributed by atoms with E-state index >= 15 is 0 Å². The molecule has 0 unspecified atom stereocenters. The summed E-state index contributed by atoms with van der Waals surface area (Å²) in [6.45, 7) is 8.49. The number of benzene rings is 10. The van der Waals surface area contributed by atoms with Gasteiger partial charge in [0.15, 0.2) is 0 Å². The molecule has 0 aliphatic carbocycles. The van der Waals surface area contributed by atoms with Gasteiger partial charge in [0.25, 0.3) is 6.33 Å². The first-order valence-corrected chi connectivity index (χ1v) is 27.2. The van der Waals surface area contributed by atoms with E-state index in [4.69, 9.17) is 21.0 Å². The second-order valence-electron chi connectivity index (χ2n) is 21.4. The molecule has 0 atom stereocenters. The predicted octanol–water partition coefficient (Wildman–Crippen LogP) is 19.2. The van der Waals surface area contributed by atoms with Gasteiger partial charge < -0.3 is 9.15 Å². The van der Waals surface area contributed by atoms with Gasteiger partial charge in [0.1, 0.15) is 28.7 Å². The van der Waals surface area contributed by atoms with Crippen molar-refractivity contribution < 1.29 is 20.6 Å². The van der Waals surface area contributed by atoms with Crippen molar-refractivity contribution in [2.24, 2.45) is 0 Å². The highest BCUT2D eigenvalue weighted by molar-refractivity contribution is 6.10. The average Bonchev–Trinajstić information content (AvgIpc) is 1.63.